The minimum absolute atomic E-state index is 1.07. The van der Waals surface area contributed by atoms with Crippen LogP contribution >= 0.6 is 0 Å². The van der Waals surface area contributed by atoms with Gasteiger partial charge in [0, 0.05) is 0 Å². The molecule has 0 unspecified atom stereocenters. The van der Waals surface area contributed by atoms with E-state index in [2.05, 4.69) is 74.5 Å². The molecule has 0 heteroatoms. The molecule has 124 valence electrons. The Balaban J connectivity index is 1.58. The lowest BCUT2D eigenvalue weighted by Gasteiger charge is -2.08. The van der Waals surface area contributed by atoms with Crippen LogP contribution < -0.4 is 0 Å². The van der Waals surface area contributed by atoms with Gasteiger partial charge in [-0.05, 0) is 82.0 Å². The molecule has 0 saturated heterocycles. The second-order valence-corrected chi connectivity index (χ2v) is 7.95. The first-order valence-electron chi connectivity index (χ1n) is 9.46. The Morgan fingerprint density at radius 1 is 0.538 bits per heavy atom. The average molecular weight is 332 g/mol. The van der Waals surface area contributed by atoms with Crippen LogP contribution in [0.4, 0.5) is 0 Å². The lowest BCUT2D eigenvalue weighted by Crippen LogP contribution is -1.91. The molecule has 0 spiro atoms. The smallest absolute Gasteiger partial charge is 0.000421 e. The van der Waals surface area contributed by atoms with Gasteiger partial charge in [-0.2, -0.15) is 0 Å². The zero-order valence-corrected chi connectivity index (χ0v) is 15.2. The minimum atomic E-state index is 1.07. The van der Waals surface area contributed by atoms with Gasteiger partial charge >= 0.3 is 0 Å². The lowest BCUT2D eigenvalue weighted by atomic mass is 9.96. The van der Waals surface area contributed by atoms with E-state index < -0.39 is 0 Å². The van der Waals surface area contributed by atoms with E-state index >= 15 is 0 Å². The zero-order chi connectivity index (χ0) is 17.4. The minimum Gasteiger partial charge on any atom is -0.0587 e. The van der Waals surface area contributed by atoms with Crippen molar-refractivity contribution in [1.29, 1.82) is 0 Å². The molecule has 0 radical (unpaired) electrons. The third kappa shape index (κ3) is 1.79. The van der Waals surface area contributed by atoms with Crippen LogP contribution in [-0.2, 0) is 12.8 Å². The highest BCUT2D eigenvalue weighted by Gasteiger charge is 2.28. The van der Waals surface area contributed by atoms with Crippen molar-refractivity contribution in [1.82, 2.24) is 0 Å². The van der Waals surface area contributed by atoms with Crippen LogP contribution in [0.3, 0.4) is 0 Å². The first-order chi connectivity index (χ1) is 12.7. The molecule has 0 amide bonds. The van der Waals surface area contributed by atoms with Gasteiger partial charge in [0.2, 0.25) is 0 Å². The molecular formula is C26H20. The number of benzene rings is 4. The molecular weight excluding hydrogens is 312 g/mol. The summed E-state index contributed by atoms with van der Waals surface area (Å²) in [7, 11) is 0. The molecule has 2 aliphatic carbocycles. The Hall–Kier alpha value is -2.86. The van der Waals surface area contributed by atoms with E-state index in [-0.39, 0.29) is 0 Å². The number of rotatable bonds is 0. The summed E-state index contributed by atoms with van der Waals surface area (Å²) in [6.07, 6.45) is 2.15. The predicted molar refractivity (Wildman–Crippen MR) is 110 cm³/mol. The molecule has 0 aliphatic heterocycles. The molecule has 0 aromatic heterocycles. The summed E-state index contributed by atoms with van der Waals surface area (Å²) in [6.45, 7) is 4.37. The molecule has 0 heterocycles. The van der Waals surface area contributed by atoms with Crippen LogP contribution in [0, 0.1) is 13.8 Å². The summed E-state index contributed by atoms with van der Waals surface area (Å²) in [6, 6.07) is 23.1. The summed E-state index contributed by atoms with van der Waals surface area (Å²) in [4.78, 5) is 0. The molecule has 0 N–H and O–H groups in total. The first kappa shape index (κ1) is 14.3. The van der Waals surface area contributed by atoms with Gasteiger partial charge in [-0.3, -0.25) is 0 Å². The van der Waals surface area contributed by atoms with Crippen molar-refractivity contribution in [2.75, 3.05) is 0 Å². The van der Waals surface area contributed by atoms with Gasteiger partial charge in [0.05, 0.1) is 0 Å². The third-order valence-electron chi connectivity index (χ3n) is 6.28. The van der Waals surface area contributed by atoms with E-state index in [0.29, 0.717) is 0 Å². The average Bonchev–Trinajstić information content (AvgIpc) is 3.18. The summed E-state index contributed by atoms with van der Waals surface area (Å²) in [5, 5.41) is 2.79. The molecule has 0 fully saturated rings. The molecule has 2 aliphatic rings. The predicted octanol–water partition coefficient (Wildman–Crippen LogP) is 6.60. The van der Waals surface area contributed by atoms with Crippen LogP contribution in [0.25, 0.3) is 33.0 Å². The van der Waals surface area contributed by atoms with Crippen molar-refractivity contribution in [3.05, 3.63) is 94.0 Å². The first-order valence-corrected chi connectivity index (χ1v) is 9.46. The number of fused-ring (bicyclic) bond motifs is 9. The van der Waals surface area contributed by atoms with Crippen molar-refractivity contribution in [2.24, 2.45) is 0 Å². The highest BCUT2D eigenvalue weighted by atomic mass is 14.3. The number of aryl methyl sites for hydroxylation is 2. The van der Waals surface area contributed by atoms with E-state index in [1.165, 1.54) is 55.3 Å². The van der Waals surface area contributed by atoms with Crippen LogP contribution in [0.1, 0.15) is 33.4 Å². The standard InChI is InChI=1S/C26H20/c1-15-3-6-19-17(11-15)5-8-22-23-10-9-21-20-7-4-16(2)12-18(20)13-24(21)26(23)14-25(19)22/h3-12H,13-14H2,1-2H3. The Kier molecular flexibility index (Phi) is 2.68. The second-order valence-electron chi connectivity index (χ2n) is 7.95. The fourth-order valence-corrected chi connectivity index (χ4v) is 5.06. The van der Waals surface area contributed by atoms with Crippen molar-refractivity contribution in [3.8, 4) is 22.3 Å². The van der Waals surface area contributed by atoms with E-state index in [9.17, 15) is 0 Å². The SMILES string of the molecule is Cc1ccc2c(c1)Cc1c-2ccc2c1Cc1c-2ccc2cc(C)ccc12. The summed E-state index contributed by atoms with van der Waals surface area (Å²) in [5.74, 6) is 0. The monoisotopic (exact) mass is 332 g/mol. The normalized spacial score (nSPS) is 13.5. The van der Waals surface area contributed by atoms with E-state index in [1.807, 2.05) is 0 Å². The van der Waals surface area contributed by atoms with Gasteiger partial charge in [-0.1, -0.05) is 71.8 Å². The van der Waals surface area contributed by atoms with Crippen molar-refractivity contribution in [2.45, 2.75) is 26.7 Å². The van der Waals surface area contributed by atoms with Gasteiger partial charge in [-0.15, -0.1) is 0 Å². The van der Waals surface area contributed by atoms with Crippen LogP contribution in [-0.4, -0.2) is 0 Å². The highest BCUT2D eigenvalue weighted by Crippen LogP contribution is 2.48. The van der Waals surface area contributed by atoms with Crippen molar-refractivity contribution in [3.63, 3.8) is 0 Å². The molecule has 0 saturated carbocycles. The molecule has 4 aromatic rings. The lowest BCUT2D eigenvalue weighted by molar-refractivity contribution is 1.17. The summed E-state index contributed by atoms with van der Waals surface area (Å²) >= 11 is 0. The molecule has 0 bridgehead atoms. The molecule has 6 rings (SSSR count). The van der Waals surface area contributed by atoms with Gasteiger partial charge in [0.1, 0.15) is 0 Å². The Morgan fingerprint density at radius 3 is 2.04 bits per heavy atom. The van der Waals surface area contributed by atoms with E-state index in [1.54, 1.807) is 11.1 Å². The zero-order valence-electron chi connectivity index (χ0n) is 15.2. The molecule has 0 atom stereocenters. The number of hydrogen-bond donors (Lipinski definition) is 0. The topological polar surface area (TPSA) is 0 Å². The summed E-state index contributed by atoms with van der Waals surface area (Å²) < 4.78 is 0. The highest BCUT2D eigenvalue weighted by molar-refractivity contribution is 5.97. The maximum Gasteiger partial charge on any atom is -0.000421 e. The van der Waals surface area contributed by atoms with Gasteiger partial charge in [0.25, 0.3) is 0 Å². The van der Waals surface area contributed by atoms with Crippen molar-refractivity contribution >= 4 is 10.8 Å². The van der Waals surface area contributed by atoms with Crippen LogP contribution in [0.5, 0.6) is 0 Å². The maximum atomic E-state index is 2.36. The largest absolute Gasteiger partial charge is 0.0587 e. The second kappa shape index (κ2) is 4.86. The molecule has 26 heavy (non-hydrogen) atoms. The van der Waals surface area contributed by atoms with E-state index in [4.69, 9.17) is 0 Å². The fourth-order valence-electron chi connectivity index (χ4n) is 5.06. The van der Waals surface area contributed by atoms with Crippen LogP contribution in [0.15, 0.2) is 60.7 Å². The molecule has 0 nitrogen and oxygen atoms in total. The maximum absolute atomic E-state index is 2.36. The fraction of sp³-hybridized carbons (Fsp3) is 0.154. The van der Waals surface area contributed by atoms with E-state index in [0.717, 1.165) is 12.8 Å². The van der Waals surface area contributed by atoms with Crippen molar-refractivity contribution < 1.29 is 0 Å². The number of hydrogen-bond acceptors (Lipinski definition) is 0. The summed E-state index contributed by atoms with van der Waals surface area (Å²) in [5.41, 5.74) is 14.6. The quantitative estimate of drug-likeness (QED) is 0.294. The molecule has 4 aromatic carbocycles. The van der Waals surface area contributed by atoms with Gasteiger partial charge in [0.15, 0.2) is 0 Å². The van der Waals surface area contributed by atoms with Gasteiger partial charge < -0.3 is 0 Å². The Morgan fingerprint density at radius 2 is 1.15 bits per heavy atom. The third-order valence-corrected chi connectivity index (χ3v) is 6.28. The van der Waals surface area contributed by atoms with Gasteiger partial charge in [-0.25, -0.2) is 0 Å². The van der Waals surface area contributed by atoms with Crippen LogP contribution in [0.2, 0.25) is 0 Å². The Labute approximate surface area is 154 Å². The Bertz CT molecular complexity index is 1240.